The Balaban J connectivity index is 1.66. The second-order valence-corrected chi connectivity index (χ2v) is 5.70. The smallest absolute Gasteiger partial charge is 0.176 e. The Morgan fingerprint density at radius 2 is 2.00 bits per heavy atom. The molecule has 3 rings (SSSR count). The van der Waals surface area contributed by atoms with Crippen molar-refractivity contribution >= 4 is 5.78 Å². The lowest BCUT2D eigenvalue weighted by molar-refractivity contribution is -0.0846. The lowest BCUT2D eigenvalue weighted by Crippen LogP contribution is -2.53. The van der Waals surface area contributed by atoms with Gasteiger partial charge in [0.15, 0.2) is 5.78 Å². The highest BCUT2D eigenvalue weighted by Crippen LogP contribution is 2.28. The number of phenolic OH excluding ortho intramolecular Hbond substituents is 1. The number of hydrogen-bond acceptors (Lipinski definition) is 4. The molecule has 0 amide bonds. The van der Waals surface area contributed by atoms with Gasteiger partial charge in [-0.1, -0.05) is 12.8 Å². The quantitative estimate of drug-likeness (QED) is 0.859. The highest BCUT2D eigenvalue weighted by Gasteiger charge is 2.34. The number of carbonyl (C=O) groups is 1. The van der Waals surface area contributed by atoms with Gasteiger partial charge in [0.2, 0.25) is 0 Å². The molecule has 2 atom stereocenters. The Hall–Kier alpha value is -1.39. The highest BCUT2D eigenvalue weighted by molar-refractivity contribution is 5.97. The number of benzene rings is 1. The number of ketones is 1. The fourth-order valence-electron chi connectivity index (χ4n) is 3.30. The lowest BCUT2D eigenvalue weighted by Gasteiger charge is -2.43. The summed E-state index contributed by atoms with van der Waals surface area (Å²) in [4.78, 5) is 14.6. The predicted molar refractivity (Wildman–Crippen MR) is 76.0 cm³/mol. The first-order chi connectivity index (χ1) is 9.74. The summed E-state index contributed by atoms with van der Waals surface area (Å²) in [7, 11) is 0. The van der Waals surface area contributed by atoms with Crippen LogP contribution in [0.2, 0.25) is 0 Å². The molecule has 0 aromatic heterocycles. The van der Waals surface area contributed by atoms with E-state index in [-0.39, 0.29) is 11.5 Å². The number of hydrogen-bond donors (Lipinski definition) is 1. The van der Waals surface area contributed by atoms with Crippen molar-refractivity contribution in [3.05, 3.63) is 29.8 Å². The second kappa shape index (κ2) is 5.94. The van der Waals surface area contributed by atoms with Gasteiger partial charge >= 0.3 is 0 Å². The summed E-state index contributed by atoms with van der Waals surface area (Å²) in [6, 6.07) is 6.91. The number of aromatic hydroxyl groups is 1. The molecule has 1 heterocycles. The van der Waals surface area contributed by atoms with Gasteiger partial charge in [-0.05, 0) is 37.1 Å². The molecule has 1 aromatic carbocycles. The van der Waals surface area contributed by atoms with Crippen LogP contribution in [0.3, 0.4) is 0 Å². The standard InChI is InChI=1S/C16H21NO3/c18-13-7-5-12(6-8-13)15(19)11-17-9-10-20-16-4-2-1-3-14(16)17/h5-8,14,16,18H,1-4,9-11H2. The van der Waals surface area contributed by atoms with Gasteiger partial charge in [-0.3, -0.25) is 9.69 Å². The number of ether oxygens (including phenoxy) is 1. The SMILES string of the molecule is O=C(CN1CCOC2CCCCC21)c1ccc(O)cc1. The number of Topliss-reactive ketones (excluding diaryl/α,β-unsaturated/α-hetero) is 1. The minimum Gasteiger partial charge on any atom is -0.508 e. The van der Waals surface area contributed by atoms with Crippen molar-refractivity contribution in [1.29, 1.82) is 0 Å². The zero-order chi connectivity index (χ0) is 13.9. The van der Waals surface area contributed by atoms with E-state index in [1.807, 2.05) is 0 Å². The van der Waals surface area contributed by atoms with Crippen LogP contribution in [-0.2, 0) is 4.74 Å². The van der Waals surface area contributed by atoms with Crippen LogP contribution in [0.1, 0.15) is 36.0 Å². The molecule has 1 aromatic rings. The van der Waals surface area contributed by atoms with Crippen molar-refractivity contribution in [3.63, 3.8) is 0 Å². The third-order valence-corrected chi connectivity index (χ3v) is 4.38. The van der Waals surface area contributed by atoms with Gasteiger partial charge in [-0.2, -0.15) is 0 Å². The van der Waals surface area contributed by atoms with Gasteiger partial charge in [-0.15, -0.1) is 0 Å². The van der Waals surface area contributed by atoms with Crippen molar-refractivity contribution in [2.45, 2.75) is 37.8 Å². The molecule has 2 unspecified atom stereocenters. The molecule has 1 saturated heterocycles. The van der Waals surface area contributed by atoms with E-state index < -0.39 is 0 Å². The van der Waals surface area contributed by atoms with Crippen LogP contribution in [0.25, 0.3) is 0 Å². The van der Waals surface area contributed by atoms with Gasteiger partial charge in [-0.25, -0.2) is 0 Å². The van der Waals surface area contributed by atoms with Crippen molar-refractivity contribution in [1.82, 2.24) is 4.90 Å². The summed E-state index contributed by atoms with van der Waals surface area (Å²) in [5.74, 6) is 0.316. The molecule has 1 saturated carbocycles. The van der Waals surface area contributed by atoms with Crippen LogP contribution in [0, 0.1) is 0 Å². The Kier molecular flexibility index (Phi) is 4.03. The molecule has 0 spiro atoms. The molecular weight excluding hydrogens is 254 g/mol. The summed E-state index contributed by atoms with van der Waals surface area (Å²) < 4.78 is 5.83. The van der Waals surface area contributed by atoms with E-state index >= 15 is 0 Å². The Morgan fingerprint density at radius 3 is 2.80 bits per heavy atom. The molecule has 1 aliphatic carbocycles. The molecule has 108 valence electrons. The van der Waals surface area contributed by atoms with E-state index in [4.69, 9.17) is 4.74 Å². The molecule has 0 bridgehead atoms. The van der Waals surface area contributed by atoms with E-state index in [2.05, 4.69) is 4.90 Å². The van der Waals surface area contributed by atoms with Crippen molar-refractivity contribution in [2.75, 3.05) is 19.7 Å². The molecule has 2 aliphatic rings. The predicted octanol–water partition coefficient (Wildman–Crippen LogP) is 2.22. The van der Waals surface area contributed by atoms with Crippen LogP contribution in [-0.4, -0.2) is 47.6 Å². The molecule has 1 N–H and O–H groups in total. The zero-order valence-corrected chi connectivity index (χ0v) is 11.6. The van der Waals surface area contributed by atoms with Gasteiger partial charge in [0.1, 0.15) is 5.75 Å². The Bertz CT molecular complexity index is 469. The third kappa shape index (κ3) is 2.86. The number of nitrogens with zero attached hydrogens (tertiary/aromatic N) is 1. The molecular formula is C16H21NO3. The van der Waals surface area contributed by atoms with Crippen LogP contribution in [0.5, 0.6) is 5.75 Å². The van der Waals surface area contributed by atoms with Gasteiger partial charge in [0, 0.05) is 18.2 Å². The van der Waals surface area contributed by atoms with Gasteiger partial charge < -0.3 is 9.84 Å². The molecule has 2 fully saturated rings. The van der Waals surface area contributed by atoms with Crippen LogP contribution >= 0.6 is 0 Å². The summed E-state index contributed by atoms with van der Waals surface area (Å²) in [5.41, 5.74) is 0.668. The highest BCUT2D eigenvalue weighted by atomic mass is 16.5. The summed E-state index contributed by atoms with van der Waals surface area (Å²) in [6.07, 6.45) is 5.03. The lowest BCUT2D eigenvalue weighted by atomic mass is 9.90. The minimum atomic E-state index is 0.122. The largest absolute Gasteiger partial charge is 0.508 e. The summed E-state index contributed by atoms with van der Waals surface area (Å²) in [6.45, 7) is 2.02. The van der Waals surface area contributed by atoms with E-state index in [0.29, 0.717) is 24.3 Å². The zero-order valence-electron chi connectivity index (χ0n) is 11.6. The molecule has 0 radical (unpaired) electrons. The normalized spacial score (nSPS) is 27.0. The number of carbonyl (C=O) groups excluding carboxylic acids is 1. The van der Waals surface area contributed by atoms with Crippen LogP contribution < -0.4 is 0 Å². The Labute approximate surface area is 119 Å². The molecule has 4 nitrogen and oxygen atoms in total. The third-order valence-electron chi connectivity index (χ3n) is 4.38. The van der Waals surface area contributed by atoms with Gasteiger partial charge in [0.05, 0.1) is 19.3 Å². The first-order valence-electron chi connectivity index (χ1n) is 7.42. The molecule has 20 heavy (non-hydrogen) atoms. The van der Waals surface area contributed by atoms with Gasteiger partial charge in [0.25, 0.3) is 0 Å². The van der Waals surface area contributed by atoms with Crippen LogP contribution in [0.15, 0.2) is 24.3 Å². The van der Waals surface area contributed by atoms with E-state index in [0.717, 1.165) is 26.0 Å². The maximum atomic E-state index is 12.3. The monoisotopic (exact) mass is 275 g/mol. The maximum absolute atomic E-state index is 12.3. The topological polar surface area (TPSA) is 49.8 Å². The fraction of sp³-hybridized carbons (Fsp3) is 0.562. The summed E-state index contributed by atoms with van der Waals surface area (Å²) >= 11 is 0. The second-order valence-electron chi connectivity index (χ2n) is 5.70. The fourth-order valence-corrected chi connectivity index (χ4v) is 3.30. The van der Waals surface area contributed by atoms with Crippen LogP contribution in [0.4, 0.5) is 0 Å². The maximum Gasteiger partial charge on any atom is 0.176 e. The Morgan fingerprint density at radius 1 is 1.25 bits per heavy atom. The summed E-state index contributed by atoms with van der Waals surface area (Å²) in [5, 5.41) is 9.28. The first kappa shape index (κ1) is 13.6. The minimum absolute atomic E-state index is 0.122. The van der Waals surface area contributed by atoms with E-state index in [1.165, 1.54) is 12.8 Å². The number of rotatable bonds is 3. The average molecular weight is 275 g/mol. The van der Waals surface area contributed by atoms with Crippen molar-refractivity contribution in [3.8, 4) is 5.75 Å². The van der Waals surface area contributed by atoms with E-state index in [9.17, 15) is 9.90 Å². The van der Waals surface area contributed by atoms with E-state index in [1.54, 1.807) is 24.3 Å². The molecule has 1 aliphatic heterocycles. The number of morpholine rings is 1. The number of phenols is 1. The first-order valence-corrected chi connectivity index (χ1v) is 7.42. The molecule has 4 heteroatoms. The number of fused-ring (bicyclic) bond motifs is 1. The average Bonchev–Trinajstić information content (AvgIpc) is 2.48. The van der Waals surface area contributed by atoms with Crippen molar-refractivity contribution < 1.29 is 14.6 Å². The van der Waals surface area contributed by atoms with Crippen molar-refractivity contribution in [2.24, 2.45) is 0 Å².